The van der Waals surface area contributed by atoms with Gasteiger partial charge < -0.3 is 5.32 Å². The zero-order valence-electron chi connectivity index (χ0n) is 11.3. The van der Waals surface area contributed by atoms with Crippen molar-refractivity contribution in [2.75, 3.05) is 6.54 Å². The minimum absolute atomic E-state index is 0.0873. The summed E-state index contributed by atoms with van der Waals surface area (Å²) in [6, 6.07) is 4.70. The van der Waals surface area contributed by atoms with E-state index in [9.17, 15) is 13.2 Å². The SMILES string of the molecule is CC(C)(C)NC(=O)CNS(=O)(=O)c1ccc(Br)cc1Br. The Labute approximate surface area is 135 Å². The Balaban J connectivity index is 2.78. The second-order valence-corrected chi connectivity index (χ2v) is 8.70. The van der Waals surface area contributed by atoms with Gasteiger partial charge in [0.1, 0.15) is 0 Å². The third kappa shape index (κ3) is 5.51. The van der Waals surface area contributed by atoms with Gasteiger partial charge in [0.05, 0.1) is 11.4 Å². The smallest absolute Gasteiger partial charge is 0.242 e. The standard InChI is InChI=1S/C12H16Br2N2O3S/c1-12(2,3)16-11(17)7-15-20(18,19)10-5-4-8(13)6-9(10)14/h4-6,15H,7H2,1-3H3,(H,16,17). The van der Waals surface area contributed by atoms with Gasteiger partial charge in [0.15, 0.2) is 0 Å². The first-order valence-electron chi connectivity index (χ1n) is 5.77. The molecule has 1 aromatic carbocycles. The van der Waals surface area contributed by atoms with Crippen LogP contribution in [0.3, 0.4) is 0 Å². The third-order valence-electron chi connectivity index (χ3n) is 2.12. The fraction of sp³-hybridized carbons (Fsp3) is 0.417. The molecular formula is C12H16Br2N2O3S. The molecule has 0 saturated carbocycles. The van der Waals surface area contributed by atoms with E-state index in [0.717, 1.165) is 4.47 Å². The number of carbonyl (C=O) groups excluding carboxylic acids is 1. The number of halogens is 2. The average molecular weight is 428 g/mol. The monoisotopic (exact) mass is 426 g/mol. The van der Waals surface area contributed by atoms with Crippen molar-refractivity contribution in [2.45, 2.75) is 31.2 Å². The van der Waals surface area contributed by atoms with Crippen molar-refractivity contribution >= 4 is 47.8 Å². The van der Waals surface area contributed by atoms with Crippen LogP contribution in [0.25, 0.3) is 0 Å². The van der Waals surface area contributed by atoms with Gasteiger partial charge in [-0.15, -0.1) is 0 Å². The second kappa shape index (κ2) is 6.55. The highest BCUT2D eigenvalue weighted by Crippen LogP contribution is 2.25. The summed E-state index contributed by atoms with van der Waals surface area (Å²) in [5.41, 5.74) is -0.402. The van der Waals surface area contributed by atoms with Crippen LogP contribution in [0.15, 0.2) is 32.0 Å². The van der Waals surface area contributed by atoms with E-state index >= 15 is 0 Å². The Hall–Kier alpha value is -0.440. The minimum atomic E-state index is -3.74. The number of benzene rings is 1. The lowest BCUT2D eigenvalue weighted by atomic mass is 10.1. The molecule has 0 bridgehead atoms. The molecule has 8 heteroatoms. The van der Waals surface area contributed by atoms with Crippen LogP contribution in [0.2, 0.25) is 0 Å². The maximum absolute atomic E-state index is 12.1. The van der Waals surface area contributed by atoms with Crippen molar-refractivity contribution < 1.29 is 13.2 Å². The molecule has 0 spiro atoms. The van der Waals surface area contributed by atoms with Crippen molar-refractivity contribution in [2.24, 2.45) is 0 Å². The Morgan fingerprint density at radius 1 is 1.25 bits per heavy atom. The molecule has 1 rings (SSSR count). The molecule has 0 atom stereocenters. The summed E-state index contributed by atoms with van der Waals surface area (Å²) in [4.78, 5) is 11.7. The van der Waals surface area contributed by atoms with Crippen LogP contribution in [0.1, 0.15) is 20.8 Å². The first-order valence-corrected chi connectivity index (χ1v) is 8.84. The van der Waals surface area contributed by atoms with Crippen LogP contribution >= 0.6 is 31.9 Å². The van der Waals surface area contributed by atoms with E-state index in [1.54, 1.807) is 12.1 Å². The van der Waals surface area contributed by atoms with Gasteiger partial charge in [0.2, 0.25) is 15.9 Å². The van der Waals surface area contributed by atoms with Gasteiger partial charge >= 0.3 is 0 Å². The van der Waals surface area contributed by atoms with Gasteiger partial charge in [0.25, 0.3) is 0 Å². The van der Waals surface area contributed by atoms with E-state index in [2.05, 4.69) is 41.9 Å². The minimum Gasteiger partial charge on any atom is -0.350 e. The van der Waals surface area contributed by atoms with Gasteiger partial charge in [-0.3, -0.25) is 4.79 Å². The first-order chi connectivity index (χ1) is 9.01. The normalized spacial score (nSPS) is 12.2. The zero-order valence-corrected chi connectivity index (χ0v) is 15.3. The summed E-state index contributed by atoms with van der Waals surface area (Å²) >= 11 is 6.44. The number of rotatable bonds is 4. The number of nitrogens with one attached hydrogen (secondary N) is 2. The summed E-state index contributed by atoms with van der Waals surface area (Å²) in [5.74, 6) is -0.380. The zero-order chi connectivity index (χ0) is 15.6. The summed E-state index contributed by atoms with van der Waals surface area (Å²) in [5, 5.41) is 2.68. The quantitative estimate of drug-likeness (QED) is 0.774. The summed E-state index contributed by atoms with van der Waals surface area (Å²) in [7, 11) is -3.74. The van der Waals surface area contributed by atoms with E-state index < -0.39 is 15.6 Å². The van der Waals surface area contributed by atoms with Crippen LogP contribution in [-0.2, 0) is 14.8 Å². The van der Waals surface area contributed by atoms with Gasteiger partial charge in [-0.1, -0.05) is 15.9 Å². The Morgan fingerprint density at radius 2 is 1.85 bits per heavy atom. The molecule has 0 aromatic heterocycles. The van der Waals surface area contributed by atoms with Crippen molar-refractivity contribution in [3.8, 4) is 0 Å². The molecule has 0 fully saturated rings. The van der Waals surface area contributed by atoms with Crippen LogP contribution in [0.4, 0.5) is 0 Å². The van der Waals surface area contributed by atoms with Crippen molar-refractivity contribution in [1.29, 1.82) is 0 Å². The molecule has 112 valence electrons. The Kier molecular flexibility index (Phi) is 5.77. The number of hydrogen-bond donors (Lipinski definition) is 2. The highest BCUT2D eigenvalue weighted by molar-refractivity contribution is 9.11. The lowest BCUT2D eigenvalue weighted by molar-refractivity contribution is -0.121. The van der Waals surface area contributed by atoms with Gasteiger partial charge in [-0.2, -0.15) is 0 Å². The van der Waals surface area contributed by atoms with Gasteiger partial charge in [-0.25, -0.2) is 13.1 Å². The van der Waals surface area contributed by atoms with Crippen LogP contribution in [-0.4, -0.2) is 26.4 Å². The van der Waals surface area contributed by atoms with E-state index in [-0.39, 0.29) is 17.3 Å². The molecule has 0 aliphatic heterocycles. The van der Waals surface area contributed by atoms with E-state index in [1.165, 1.54) is 6.07 Å². The molecule has 0 radical (unpaired) electrons. The molecule has 2 N–H and O–H groups in total. The fourth-order valence-electron chi connectivity index (χ4n) is 1.39. The topological polar surface area (TPSA) is 75.3 Å². The van der Waals surface area contributed by atoms with Gasteiger partial charge in [-0.05, 0) is 54.9 Å². The molecule has 0 saturated heterocycles. The summed E-state index contributed by atoms with van der Waals surface area (Å²) < 4.78 is 27.7. The predicted molar refractivity (Wildman–Crippen MR) is 84.9 cm³/mol. The van der Waals surface area contributed by atoms with E-state index in [1.807, 2.05) is 20.8 Å². The van der Waals surface area contributed by atoms with E-state index in [4.69, 9.17) is 0 Å². The molecular weight excluding hydrogens is 412 g/mol. The van der Waals surface area contributed by atoms with E-state index in [0.29, 0.717) is 4.47 Å². The number of hydrogen-bond acceptors (Lipinski definition) is 3. The highest BCUT2D eigenvalue weighted by atomic mass is 79.9. The molecule has 0 aliphatic rings. The highest BCUT2D eigenvalue weighted by Gasteiger charge is 2.20. The number of carbonyl (C=O) groups is 1. The molecule has 1 amide bonds. The molecule has 0 unspecified atom stereocenters. The molecule has 1 aromatic rings. The lowest BCUT2D eigenvalue weighted by Crippen LogP contribution is -2.45. The van der Waals surface area contributed by atoms with Gasteiger partial charge in [0, 0.05) is 14.5 Å². The third-order valence-corrected chi connectivity index (χ3v) is 4.99. The molecule has 0 heterocycles. The second-order valence-electron chi connectivity index (χ2n) is 5.20. The lowest BCUT2D eigenvalue weighted by Gasteiger charge is -2.20. The van der Waals surface area contributed by atoms with Crippen LogP contribution in [0.5, 0.6) is 0 Å². The average Bonchev–Trinajstić information content (AvgIpc) is 2.23. The first kappa shape index (κ1) is 17.6. The predicted octanol–water partition coefficient (Wildman–Crippen LogP) is 2.40. The Morgan fingerprint density at radius 3 is 2.35 bits per heavy atom. The van der Waals surface area contributed by atoms with Crippen molar-refractivity contribution in [1.82, 2.24) is 10.0 Å². The largest absolute Gasteiger partial charge is 0.350 e. The maximum Gasteiger partial charge on any atom is 0.242 e. The number of sulfonamides is 1. The van der Waals surface area contributed by atoms with Crippen molar-refractivity contribution in [3.63, 3.8) is 0 Å². The number of amides is 1. The summed E-state index contributed by atoms with van der Waals surface area (Å²) in [6.07, 6.45) is 0. The fourth-order valence-corrected chi connectivity index (χ4v) is 4.12. The van der Waals surface area contributed by atoms with Crippen LogP contribution < -0.4 is 10.0 Å². The summed E-state index contributed by atoms with van der Waals surface area (Å²) in [6.45, 7) is 5.17. The Bertz CT molecular complexity index is 610. The molecule has 20 heavy (non-hydrogen) atoms. The van der Waals surface area contributed by atoms with Crippen molar-refractivity contribution in [3.05, 3.63) is 27.1 Å². The van der Waals surface area contributed by atoms with Crippen LogP contribution in [0, 0.1) is 0 Å². The maximum atomic E-state index is 12.1. The molecule has 0 aliphatic carbocycles. The molecule has 5 nitrogen and oxygen atoms in total.